The molecule has 96 valence electrons. The number of nitrogens with one attached hydrogen (secondary N) is 1. The lowest BCUT2D eigenvalue weighted by atomic mass is 10.2. The topological polar surface area (TPSA) is 59.3 Å². The average Bonchev–Trinajstić information content (AvgIpc) is 2.77. The molecule has 1 aromatic carbocycles. The largest absolute Gasteiger partial charge is 0.507 e. The van der Waals surface area contributed by atoms with Gasteiger partial charge in [0.05, 0.1) is 13.3 Å². The van der Waals surface area contributed by atoms with Gasteiger partial charge in [-0.05, 0) is 6.07 Å². The molecule has 0 aliphatic carbocycles. The highest BCUT2D eigenvalue weighted by Gasteiger charge is 2.03. The van der Waals surface area contributed by atoms with E-state index >= 15 is 0 Å². The Morgan fingerprint density at radius 2 is 2.22 bits per heavy atom. The summed E-state index contributed by atoms with van der Waals surface area (Å²) in [6, 6.07) is 5.30. The van der Waals surface area contributed by atoms with Crippen molar-refractivity contribution in [3.8, 4) is 11.5 Å². The summed E-state index contributed by atoms with van der Waals surface area (Å²) in [6.45, 7) is 1.32. The zero-order chi connectivity index (χ0) is 13.0. The Morgan fingerprint density at radius 1 is 1.39 bits per heavy atom. The molecule has 0 saturated heterocycles. The third kappa shape index (κ3) is 3.01. The Hall–Kier alpha value is -2.01. The van der Waals surface area contributed by atoms with E-state index in [0.29, 0.717) is 12.3 Å². The zero-order valence-electron chi connectivity index (χ0n) is 10.6. The van der Waals surface area contributed by atoms with Gasteiger partial charge in [0.2, 0.25) is 0 Å². The minimum Gasteiger partial charge on any atom is -0.507 e. The summed E-state index contributed by atoms with van der Waals surface area (Å²) in [7, 11) is 3.47. The van der Waals surface area contributed by atoms with Crippen LogP contribution in [0, 0.1) is 0 Å². The van der Waals surface area contributed by atoms with Gasteiger partial charge >= 0.3 is 0 Å². The number of phenols is 1. The number of nitrogens with zero attached hydrogens (tertiary/aromatic N) is 2. The van der Waals surface area contributed by atoms with Crippen LogP contribution < -0.4 is 10.1 Å². The molecule has 1 aromatic heterocycles. The summed E-state index contributed by atoms with van der Waals surface area (Å²) in [5.74, 6) is 0.900. The minimum absolute atomic E-state index is 0.244. The molecule has 0 atom stereocenters. The van der Waals surface area contributed by atoms with Crippen molar-refractivity contribution >= 4 is 0 Å². The van der Waals surface area contributed by atoms with Crippen molar-refractivity contribution in [1.29, 1.82) is 0 Å². The fourth-order valence-electron chi connectivity index (χ4n) is 1.72. The van der Waals surface area contributed by atoms with Crippen molar-refractivity contribution in [3.05, 3.63) is 41.7 Å². The molecule has 2 N–H and O–H groups in total. The van der Waals surface area contributed by atoms with Crippen LogP contribution in [0.2, 0.25) is 0 Å². The molecule has 5 nitrogen and oxygen atoms in total. The maximum Gasteiger partial charge on any atom is 0.123 e. The lowest BCUT2D eigenvalue weighted by Crippen LogP contribution is -2.12. The van der Waals surface area contributed by atoms with E-state index in [0.717, 1.165) is 17.7 Å². The maximum absolute atomic E-state index is 9.79. The molecule has 0 bridgehead atoms. The average molecular weight is 247 g/mol. The van der Waals surface area contributed by atoms with E-state index in [9.17, 15) is 5.11 Å². The monoisotopic (exact) mass is 247 g/mol. The molecule has 5 heteroatoms. The van der Waals surface area contributed by atoms with Gasteiger partial charge in [-0.3, -0.25) is 4.68 Å². The number of aryl methyl sites for hydroxylation is 1. The number of ether oxygens (including phenoxy) is 1. The van der Waals surface area contributed by atoms with Crippen molar-refractivity contribution in [1.82, 2.24) is 15.1 Å². The summed E-state index contributed by atoms with van der Waals surface area (Å²) >= 11 is 0. The van der Waals surface area contributed by atoms with E-state index in [2.05, 4.69) is 10.4 Å². The third-order valence-electron chi connectivity index (χ3n) is 2.70. The molecule has 0 aliphatic heterocycles. The number of hydrogen-bond acceptors (Lipinski definition) is 4. The van der Waals surface area contributed by atoms with Gasteiger partial charge < -0.3 is 15.2 Å². The first-order chi connectivity index (χ1) is 8.69. The Bertz CT molecular complexity index is 523. The van der Waals surface area contributed by atoms with Gasteiger partial charge in [0, 0.05) is 43.5 Å². The molecule has 0 unspecified atom stereocenters. The minimum atomic E-state index is 0.244. The molecule has 1 heterocycles. The van der Waals surface area contributed by atoms with E-state index in [1.807, 2.05) is 31.6 Å². The van der Waals surface area contributed by atoms with Crippen LogP contribution in [0.5, 0.6) is 11.5 Å². The van der Waals surface area contributed by atoms with Crippen molar-refractivity contribution in [2.45, 2.75) is 13.1 Å². The van der Waals surface area contributed by atoms with Crippen LogP contribution in [0.15, 0.2) is 30.6 Å². The molecular weight excluding hydrogens is 230 g/mol. The highest BCUT2D eigenvalue weighted by Crippen LogP contribution is 2.23. The number of aromatic nitrogens is 2. The lowest BCUT2D eigenvalue weighted by molar-refractivity contribution is 0.406. The summed E-state index contributed by atoms with van der Waals surface area (Å²) in [4.78, 5) is 0. The van der Waals surface area contributed by atoms with Crippen LogP contribution in [0.1, 0.15) is 11.1 Å². The predicted octanol–water partition coefficient (Wildman–Crippen LogP) is 1.42. The molecule has 0 saturated carbocycles. The van der Waals surface area contributed by atoms with Gasteiger partial charge in [-0.2, -0.15) is 5.10 Å². The fourth-order valence-corrected chi connectivity index (χ4v) is 1.72. The number of hydrogen-bond donors (Lipinski definition) is 2. The summed E-state index contributed by atoms with van der Waals surface area (Å²) in [6.07, 6.45) is 3.78. The van der Waals surface area contributed by atoms with E-state index in [1.54, 1.807) is 17.9 Å². The Labute approximate surface area is 106 Å². The summed E-state index contributed by atoms with van der Waals surface area (Å²) in [5, 5.41) is 17.1. The molecule has 0 aliphatic rings. The van der Waals surface area contributed by atoms with Gasteiger partial charge in [-0.15, -0.1) is 0 Å². The molecule has 0 radical (unpaired) electrons. The first kappa shape index (κ1) is 12.4. The smallest absolute Gasteiger partial charge is 0.123 e. The number of methoxy groups -OCH3 is 1. The standard InChI is InChI=1S/C13H17N3O2/c1-16-9-10(7-15-16)6-14-8-11-3-4-12(18-2)5-13(11)17/h3-5,7,9,14,17H,6,8H2,1-2H3. The van der Waals surface area contributed by atoms with Crippen molar-refractivity contribution in [2.75, 3.05) is 7.11 Å². The van der Waals surface area contributed by atoms with E-state index in [-0.39, 0.29) is 5.75 Å². The molecular formula is C13H17N3O2. The van der Waals surface area contributed by atoms with Crippen LogP contribution in [0.4, 0.5) is 0 Å². The van der Waals surface area contributed by atoms with Crippen LogP contribution >= 0.6 is 0 Å². The van der Waals surface area contributed by atoms with Gasteiger partial charge in [0.1, 0.15) is 11.5 Å². The normalized spacial score (nSPS) is 10.6. The van der Waals surface area contributed by atoms with Crippen LogP contribution in [0.3, 0.4) is 0 Å². The van der Waals surface area contributed by atoms with Crippen LogP contribution in [-0.4, -0.2) is 22.0 Å². The Kier molecular flexibility index (Phi) is 3.84. The van der Waals surface area contributed by atoms with Gasteiger partial charge in [-0.25, -0.2) is 0 Å². The number of aromatic hydroxyl groups is 1. The quantitative estimate of drug-likeness (QED) is 0.839. The van der Waals surface area contributed by atoms with Crippen molar-refractivity contribution < 1.29 is 9.84 Å². The molecule has 18 heavy (non-hydrogen) atoms. The predicted molar refractivity (Wildman–Crippen MR) is 68.4 cm³/mol. The highest BCUT2D eigenvalue weighted by atomic mass is 16.5. The first-order valence-corrected chi connectivity index (χ1v) is 5.73. The fraction of sp³-hybridized carbons (Fsp3) is 0.308. The Morgan fingerprint density at radius 3 is 2.83 bits per heavy atom. The van der Waals surface area contributed by atoms with Crippen molar-refractivity contribution in [2.24, 2.45) is 7.05 Å². The molecule has 0 fully saturated rings. The van der Waals surface area contributed by atoms with Gasteiger partial charge in [0.15, 0.2) is 0 Å². The second kappa shape index (κ2) is 5.55. The number of benzene rings is 1. The molecule has 2 aromatic rings. The second-order valence-corrected chi connectivity index (χ2v) is 4.12. The SMILES string of the molecule is COc1ccc(CNCc2cnn(C)c2)c(O)c1. The van der Waals surface area contributed by atoms with Crippen molar-refractivity contribution in [3.63, 3.8) is 0 Å². The Balaban J connectivity index is 1.90. The molecule has 2 rings (SSSR count). The first-order valence-electron chi connectivity index (χ1n) is 5.73. The summed E-state index contributed by atoms with van der Waals surface area (Å²) in [5.41, 5.74) is 1.96. The number of rotatable bonds is 5. The van der Waals surface area contributed by atoms with E-state index < -0.39 is 0 Å². The summed E-state index contributed by atoms with van der Waals surface area (Å²) < 4.78 is 6.80. The lowest BCUT2D eigenvalue weighted by Gasteiger charge is -2.07. The third-order valence-corrected chi connectivity index (χ3v) is 2.70. The van der Waals surface area contributed by atoms with E-state index in [4.69, 9.17) is 4.74 Å². The highest BCUT2D eigenvalue weighted by molar-refractivity contribution is 5.39. The van der Waals surface area contributed by atoms with E-state index in [1.165, 1.54) is 0 Å². The number of phenolic OH excluding ortho intramolecular Hbond substituents is 1. The second-order valence-electron chi connectivity index (χ2n) is 4.12. The molecule has 0 spiro atoms. The van der Waals surface area contributed by atoms with Gasteiger partial charge in [-0.1, -0.05) is 6.07 Å². The van der Waals surface area contributed by atoms with Gasteiger partial charge in [0.25, 0.3) is 0 Å². The molecule has 0 amide bonds. The van der Waals surface area contributed by atoms with Crippen LogP contribution in [0.25, 0.3) is 0 Å². The van der Waals surface area contributed by atoms with Crippen LogP contribution in [-0.2, 0) is 20.1 Å². The zero-order valence-corrected chi connectivity index (χ0v) is 10.6. The maximum atomic E-state index is 9.79.